The lowest BCUT2D eigenvalue weighted by Crippen LogP contribution is -2.25. The van der Waals surface area contributed by atoms with Gasteiger partial charge in [0.1, 0.15) is 5.75 Å². The molecule has 1 heterocycles. The van der Waals surface area contributed by atoms with Crippen molar-refractivity contribution in [2.75, 3.05) is 7.11 Å². The molecule has 0 bridgehead atoms. The van der Waals surface area contributed by atoms with E-state index in [2.05, 4.69) is 9.84 Å². The van der Waals surface area contributed by atoms with Crippen LogP contribution in [-0.4, -0.2) is 29.0 Å². The van der Waals surface area contributed by atoms with E-state index in [4.69, 9.17) is 26.3 Å². The summed E-state index contributed by atoms with van der Waals surface area (Å²) in [5, 5.41) is 13.6. The number of esters is 1. The Bertz CT molecular complexity index is 870. The number of halogens is 1. The van der Waals surface area contributed by atoms with E-state index in [1.54, 1.807) is 30.8 Å². The number of aromatic nitrogens is 2. The molecule has 2 aromatic rings. The third kappa shape index (κ3) is 4.09. The molecule has 0 N–H and O–H groups in total. The van der Waals surface area contributed by atoms with Crippen LogP contribution in [0.25, 0.3) is 0 Å². The molecule has 1 aromatic carbocycles. The quantitative estimate of drug-likeness (QED) is 0.716. The number of nitrogens with zero attached hydrogens (tertiary/aromatic N) is 3. The fourth-order valence-corrected chi connectivity index (χ4v) is 2.61. The van der Waals surface area contributed by atoms with E-state index in [-0.39, 0.29) is 6.42 Å². The second kappa shape index (κ2) is 8.11. The maximum Gasteiger partial charge on any atom is 0.346 e. The Morgan fingerprint density at radius 1 is 1.38 bits per heavy atom. The van der Waals surface area contributed by atoms with Crippen molar-refractivity contribution in [1.29, 1.82) is 5.26 Å². The van der Waals surface area contributed by atoms with Crippen LogP contribution in [0.4, 0.5) is 0 Å². The van der Waals surface area contributed by atoms with Crippen molar-refractivity contribution in [2.24, 2.45) is 7.05 Å². The first-order valence-corrected chi connectivity index (χ1v) is 8.28. The predicted octanol–water partition coefficient (Wildman–Crippen LogP) is 3.49. The zero-order chi connectivity index (χ0) is 19.4. The van der Waals surface area contributed by atoms with Crippen molar-refractivity contribution in [3.63, 3.8) is 0 Å². The zero-order valence-corrected chi connectivity index (χ0v) is 16.0. The Labute approximate surface area is 157 Å². The van der Waals surface area contributed by atoms with Gasteiger partial charge in [0.25, 0.3) is 0 Å². The van der Waals surface area contributed by atoms with Crippen molar-refractivity contribution in [3.8, 4) is 23.4 Å². The van der Waals surface area contributed by atoms with Gasteiger partial charge in [0.05, 0.1) is 30.3 Å². The zero-order valence-electron chi connectivity index (χ0n) is 15.3. The first kappa shape index (κ1) is 19.6. The monoisotopic (exact) mass is 377 g/mol. The molecule has 0 spiro atoms. The Morgan fingerprint density at radius 3 is 2.62 bits per heavy atom. The normalized spacial score (nSPS) is 11.6. The van der Waals surface area contributed by atoms with Crippen LogP contribution in [0.5, 0.6) is 17.4 Å². The first-order chi connectivity index (χ1) is 12.3. The first-order valence-electron chi connectivity index (χ1n) is 7.90. The van der Waals surface area contributed by atoms with Gasteiger partial charge in [-0.2, -0.15) is 10.4 Å². The van der Waals surface area contributed by atoms with Gasteiger partial charge in [0, 0.05) is 24.2 Å². The van der Waals surface area contributed by atoms with Gasteiger partial charge in [0.2, 0.25) is 5.88 Å². The lowest BCUT2D eigenvalue weighted by molar-refractivity contribution is -0.147. The molecule has 0 fully saturated rings. The molecule has 0 unspecified atom stereocenters. The van der Waals surface area contributed by atoms with E-state index in [0.29, 0.717) is 28.0 Å². The van der Waals surface area contributed by atoms with E-state index in [1.807, 2.05) is 19.9 Å². The molecule has 0 saturated heterocycles. The summed E-state index contributed by atoms with van der Waals surface area (Å²) in [6.45, 7) is 5.34. The highest BCUT2D eigenvalue weighted by atomic mass is 35.5. The van der Waals surface area contributed by atoms with E-state index in [0.717, 1.165) is 11.3 Å². The van der Waals surface area contributed by atoms with Crippen molar-refractivity contribution >= 4 is 17.6 Å². The minimum absolute atomic E-state index is 0.0765. The van der Waals surface area contributed by atoms with Crippen molar-refractivity contribution in [3.05, 3.63) is 34.0 Å². The average molecular weight is 378 g/mol. The van der Waals surface area contributed by atoms with E-state index in [1.165, 1.54) is 7.11 Å². The van der Waals surface area contributed by atoms with Crippen LogP contribution >= 0.6 is 11.6 Å². The number of ether oxygens (including phenoxy) is 3. The molecule has 0 aliphatic heterocycles. The molecule has 1 atom stereocenters. The summed E-state index contributed by atoms with van der Waals surface area (Å²) in [6, 6.07) is 5.21. The molecule has 138 valence electrons. The highest BCUT2D eigenvalue weighted by Crippen LogP contribution is 2.37. The van der Waals surface area contributed by atoms with Crippen LogP contribution < -0.4 is 9.47 Å². The van der Waals surface area contributed by atoms with Gasteiger partial charge in [-0.1, -0.05) is 11.6 Å². The van der Waals surface area contributed by atoms with E-state index >= 15 is 0 Å². The lowest BCUT2D eigenvalue weighted by atomic mass is 10.1. The lowest BCUT2D eigenvalue weighted by Gasteiger charge is -2.17. The van der Waals surface area contributed by atoms with Crippen LogP contribution in [0, 0.1) is 25.2 Å². The van der Waals surface area contributed by atoms with Crippen molar-refractivity contribution < 1.29 is 19.0 Å². The number of carbonyl (C=O) groups is 1. The molecule has 0 aliphatic rings. The van der Waals surface area contributed by atoms with Crippen LogP contribution in [0.1, 0.15) is 23.7 Å². The topological polar surface area (TPSA) is 86.4 Å². The third-order valence-electron chi connectivity index (χ3n) is 3.89. The van der Waals surface area contributed by atoms with Gasteiger partial charge in [-0.25, -0.2) is 9.48 Å². The van der Waals surface area contributed by atoms with Gasteiger partial charge in [-0.3, -0.25) is 0 Å². The summed E-state index contributed by atoms with van der Waals surface area (Å²) in [4.78, 5) is 11.6. The van der Waals surface area contributed by atoms with Gasteiger partial charge < -0.3 is 14.2 Å². The fourth-order valence-electron chi connectivity index (χ4n) is 2.38. The number of hydrogen-bond donors (Lipinski definition) is 0. The molecule has 0 saturated carbocycles. The summed E-state index contributed by atoms with van der Waals surface area (Å²) in [7, 11) is 3.05. The van der Waals surface area contributed by atoms with Crippen molar-refractivity contribution in [2.45, 2.75) is 33.3 Å². The summed E-state index contributed by atoms with van der Waals surface area (Å²) < 4.78 is 17.9. The minimum Gasteiger partial charge on any atom is -0.479 e. The molecular weight excluding hydrogens is 358 g/mol. The van der Waals surface area contributed by atoms with Gasteiger partial charge >= 0.3 is 5.97 Å². The minimum atomic E-state index is -0.841. The number of rotatable bonds is 6. The maximum absolute atomic E-state index is 11.6. The second-order valence-electron chi connectivity index (χ2n) is 5.75. The second-order valence-corrected chi connectivity index (χ2v) is 6.16. The van der Waals surface area contributed by atoms with Gasteiger partial charge in [-0.15, -0.1) is 0 Å². The summed E-state index contributed by atoms with van der Waals surface area (Å²) in [5.74, 6) is 0.694. The largest absolute Gasteiger partial charge is 0.479 e. The molecule has 1 aromatic heterocycles. The standard InChI is InChI=1S/C18H20ClN3O4/c1-10-11(2)21-22(4)17(10)26-16-9-15(25-12(3)18(23)24-5)13(6-7-20)8-14(16)19/h8-9,12H,6H2,1-5H3/t12-/m0/s1. The Morgan fingerprint density at radius 2 is 2.08 bits per heavy atom. The summed E-state index contributed by atoms with van der Waals surface area (Å²) in [6.07, 6.45) is -0.764. The predicted molar refractivity (Wildman–Crippen MR) is 95.6 cm³/mol. The number of aryl methyl sites for hydroxylation is 2. The highest BCUT2D eigenvalue weighted by molar-refractivity contribution is 6.32. The molecule has 8 heteroatoms. The Hall–Kier alpha value is -2.72. The van der Waals surface area contributed by atoms with Crippen LogP contribution in [-0.2, 0) is 23.0 Å². The van der Waals surface area contributed by atoms with Crippen LogP contribution in [0.3, 0.4) is 0 Å². The third-order valence-corrected chi connectivity index (χ3v) is 4.18. The highest BCUT2D eigenvalue weighted by Gasteiger charge is 2.20. The van der Waals surface area contributed by atoms with Crippen molar-refractivity contribution in [1.82, 2.24) is 9.78 Å². The molecule has 7 nitrogen and oxygen atoms in total. The molecule has 0 radical (unpaired) electrons. The SMILES string of the molecule is COC(=O)[C@H](C)Oc1cc(Oc2c(C)c(C)nn2C)c(Cl)cc1CC#N. The fraction of sp³-hybridized carbons (Fsp3) is 0.389. The van der Waals surface area contributed by atoms with E-state index in [9.17, 15) is 4.79 Å². The number of benzene rings is 1. The number of methoxy groups -OCH3 is 1. The molecule has 2 rings (SSSR count). The number of nitriles is 1. The van der Waals surface area contributed by atoms with Crippen LogP contribution in [0.15, 0.2) is 12.1 Å². The average Bonchev–Trinajstić information content (AvgIpc) is 2.84. The van der Waals surface area contributed by atoms with Gasteiger partial charge in [-0.05, 0) is 26.8 Å². The molecule has 0 amide bonds. The molecule has 26 heavy (non-hydrogen) atoms. The van der Waals surface area contributed by atoms with Gasteiger partial charge in [0.15, 0.2) is 11.9 Å². The Kier molecular flexibility index (Phi) is 6.11. The number of carbonyl (C=O) groups excluding carboxylic acids is 1. The Balaban J connectivity index is 2.42. The molecule has 0 aliphatic carbocycles. The van der Waals surface area contributed by atoms with E-state index < -0.39 is 12.1 Å². The summed E-state index contributed by atoms with van der Waals surface area (Å²) >= 11 is 6.31. The maximum atomic E-state index is 11.6. The summed E-state index contributed by atoms with van der Waals surface area (Å²) in [5.41, 5.74) is 2.28. The molecular formula is C18H20ClN3O4. The smallest absolute Gasteiger partial charge is 0.346 e. The number of hydrogen-bond acceptors (Lipinski definition) is 6. The van der Waals surface area contributed by atoms with Crippen LogP contribution in [0.2, 0.25) is 5.02 Å².